The summed E-state index contributed by atoms with van der Waals surface area (Å²) in [6, 6.07) is 8.14. The van der Waals surface area contributed by atoms with Crippen molar-refractivity contribution in [2.24, 2.45) is 0 Å². The number of thiophene rings is 1. The minimum atomic E-state index is -0.589. The van der Waals surface area contributed by atoms with Gasteiger partial charge >= 0.3 is 0 Å². The van der Waals surface area contributed by atoms with Crippen molar-refractivity contribution in [3.05, 3.63) is 66.9 Å². The van der Waals surface area contributed by atoms with Gasteiger partial charge in [-0.3, -0.25) is 24.6 Å². The normalized spacial score (nSPS) is 11.7. The summed E-state index contributed by atoms with van der Waals surface area (Å²) in [5, 5.41) is 22.8. The van der Waals surface area contributed by atoms with E-state index in [1.165, 1.54) is 28.4 Å². The summed E-state index contributed by atoms with van der Waals surface area (Å²) in [5.41, 5.74) is -0.964. The van der Waals surface area contributed by atoms with Gasteiger partial charge in [0.2, 0.25) is 0 Å². The lowest BCUT2D eigenvalue weighted by Crippen LogP contribution is -2.27. The summed E-state index contributed by atoms with van der Waals surface area (Å²) in [4.78, 5) is 39.4. The molecule has 0 radical (unpaired) electrons. The number of aromatic nitrogens is 2. The quantitative estimate of drug-likeness (QED) is 0.393. The fraction of sp³-hybridized carbons (Fsp3) is 0.211. The van der Waals surface area contributed by atoms with E-state index in [0.29, 0.717) is 0 Å². The molecule has 0 saturated heterocycles. The number of para-hydroxylation sites is 1. The molecule has 9 nitrogen and oxygen atoms in total. The van der Waals surface area contributed by atoms with E-state index in [1.54, 1.807) is 20.2 Å². The molecule has 29 heavy (non-hydrogen) atoms. The third kappa shape index (κ3) is 4.16. The first-order chi connectivity index (χ1) is 13.8. The standard InChI is InChI=1S/C19H21N5O4S/c1-10(13-8-5-9-29-13)20-14-15(18(27)23-22-17(14)26)21-12-7-4-6-11(16(12)25)19(28)24(2)3/h4-10,25H,1-3H3,(H2,20,23,27)(H2,21,22,26). The van der Waals surface area contributed by atoms with E-state index < -0.39 is 17.0 Å². The van der Waals surface area contributed by atoms with Crippen LogP contribution < -0.4 is 21.8 Å². The molecule has 1 atom stereocenters. The van der Waals surface area contributed by atoms with Gasteiger partial charge in [-0.2, -0.15) is 0 Å². The van der Waals surface area contributed by atoms with E-state index in [0.717, 1.165) is 4.88 Å². The highest BCUT2D eigenvalue weighted by atomic mass is 32.1. The van der Waals surface area contributed by atoms with Crippen LogP contribution in [0, 0.1) is 0 Å². The van der Waals surface area contributed by atoms with E-state index in [1.807, 2.05) is 24.4 Å². The van der Waals surface area contributed by atoms with Crippen LogP contribution in [0.1, 0.15) is 28.2 Å². The predicted octanol–water partition coefficient (Wildman–Crippen LogP) is 2.45. The van der Waals surface area contributed by atoms with Crippen molar-refractivity contribution in [1.29, 1.82) is 0 Å². The van der Waals surface area contributed by atoms with Gasteiger partial charge in [0.05, 0.1) is 17.3 Å². The van der Waals surface area contributed by atoms with E-state index in [9.17, 15) is 19.5 Å². The average Bonchev–Trinajstić information content (AvgIpc) is 3.23. The predicted molar refractivity (Wildman–Crippen MR) is 113 cm³/mol. The number of amides is 1. The number of anilines is 3. The molecule has 0 bridgehead atoms. The molecule has 1 unspecified atom stereocenters. The minimum absolute atomic E-state index is 0.0263. The maximum Gasteiger partial charge on any atom is 0.288 e. The Labute approximate surface area is 170 Å². The number of rotatable bonds is 6. The molecule has 2 heterocycles. The SMILES string of the molecule is CC(Nc1c(Nc2cccc(C(=O)N(C)C)c2O)c(=O)[nH][nH]c1=O)c1cccs1. The Bertz CT molecular complexity index is 1130. The van der Waals surface area contributed by atoms with Gasteiger partial charge in [0.25, 0.3) is 17.0 Å². The van der Waals surface area contributed by atoms with Crippen LogP contribution in [0.2, 0.25) is 0 Å². The van der Waals surface area contributed by atoms with Crippen LogP contribution >= 0.6 is 11.3 Å². The van der Waals surface area contributed by atoms with E-state index in [-0.39, 0.29) is 34.4 Å². The van der Waals surface area contributed by atoms with Gasteiger partial charge in [0, 0.05) is 19.0 Å². The smallest absolute Gasteiger partial charge is 0.288 e. The second-order valence-corrected chi connectivity index (χ2v) is 7.55. The number of nitrogens with one attached hydrogen (secondary N) is 4. The lowest BCUT2D eigenvalue weighted by molar-refractivity contribution is 0.0824. The maximum absolute atomic E-state index is 12.4. The molecule has 1 aromatic carbocycles. The largest absolute Gasteiger partial charge is 0.505 e. The second-order valence-electron chi connectivity index (χ2n) is 6.57. The van der Waals surface area contributed by atoms with Gasteiger partial charge < -0.3 is 20.6 Å². The van der Waals surface area contributed by atoms with Crippen molar-refractivity contribution in [2.45, 2.75) is 13.0 Å². The molecule has 0 fully saturated rings. The average molecular weight is 415 g/mol. The van der Waals surface area contributed by atoms with Crippen LogP contribution in [0.3, 0.4) is 0 Å². The summed E-state index contributed by atoms with van der Waals surface area (Å²) in [7, 11) is 3.13. The number of hydrogen-bond acceptors (Lipinski definition) is 7. The number of carbonyl (C=O) groups excluding carboxylic acids is 1. The minimum Gasteiger partial charge on any atom is -0.505 e. The van der Waals surface area contributed by atoms with Crippen LogP contribution in [-0.4, -0.2) is 40.2 Å². The number of aromatic amines is 2. The zero-order chi connectivity index (χ0) is 21.1. The Hall–Kier alpha value is -3.53. The van der Waals surface area contributed by atoms with Gasteiger partial charge in [-0.1, -0.05) is 12.1 Å². The van der Waals surface area contributed by atoms with E-state index in [2.05, 4.69) is 20.8 Å². The van der Waals surface area contributed by atoms with Gasteiger partial charge in [-0.05, 0) is 30.5 Å². The molecule has 152 valence electrons. The monoisotopic (exact) mass is 415 g/mol. The maximum atomic E-state index is 12.4. The third-order valence-corrected chi connectivity index (χ3v) is 5.31. The Morgan fingerprint density at radius 3 is 2.41 bits per heavy atom. The fourth-order valence-corrected chi connectivity index (χ4v) is 3.47. The third-order valence-electron chi connectivity index (χ3n) is 4.26. The fourth-order valence-electron chi connectivity index (χ4n) is 2.74. The molecule has 0 aliphatic carbocycles. The number of carbonyl (C=O) groups is 1. The van der Waals surface area contributed by atoms with Crippen molar-refractivity contribution < 1.29 is 9.90 Å². The summed E-state index contributed by atoms with van der Waals surface area (Å²) in [6.45, 7) is 1.87. The Morgan fingerprint density at radius 2 is 1.79 bits per heavy atom. The van der Waals surface area contributed by atoms with Crippen LogP contribution in [0.15, 0.2) is 45.3 Å². The first kappa shape index (κ1) is 20.2. The first-order valence-electron chi connectivity index (χ1n) is 8.75. The number of benzene rings is 1. The molecule has 5 N–H and O–H groups in total. The molecule has 0 aliphatic heterocycles. The summed E-state index contributed by atoms with van der Waals surface area (Å²) < 4.78 is 0. The topological polar surface area (TPSA) is 130 Å². The Kier molecular flexibility index (Phi) is 5.74. The molecule has 3 aromatic rings. The zero-order valence-electron chi connectivity index (χ0n) is 16.1. The van der Waals surface area contributed by atoms with Crippen molar-refractivity contribution in [3.63, 3.8) is 0 Å². The summed E-state index contributed by atoms with van der Waals surface area (Å²) in [5.74, 6) is -0.709. The molecule has 3 rings (SSSR count). The summed E-state index contributed by atoms with van der Waals surface area (Å²) in [6.07, 6.45) is 0. The highest BCUT2D eigenvalue weighted by Crippen LogP contribution is 2.32. The first-order valence-corrected chi connectivity index (χ1v) is 9.63. The number of H-pyrrole nitrogens is 2. The number of nitrogens with zero attached hydrogens (tertiary/aromatic N) is 1. The van der Waals surface area contributed by atoms with Gasteiger partial charge in [0.1, 0.15) is 11.4 Å². The van der Waals surface area contributed by atoms with Gasteiger partial charge in [0.15, 0.2) is 5.75 Å². The highest BCUT2D eigenvalue weighted by Gasteiger charge is 2.20. The number of phenolic OH excluding ortho intramolecular Hbond substituents is 1. The lowest BCUT2D eigenvalue weighted by Gasteiger charge is -2.18. The van der Waals surface area contributed by atoms with Crippen molar-refractivity contribution in [2.75, 3.05) is 24.7 Å². The second kappa shape index (κ2) is 8.23. The summed E-state index contributed by atoms with van der Waals surface area (Å²) >= 11 is 1.52. The van der Waals surface area contributed by atoms with Crippen LogP contribution in [0.4, 0.5) is 17.1 Å². The molecule has 0 spiro atoms. The lowest BCUT2D eigenvalue weighted by atomic mass is 10.1. The molecule has 1 amide bonds. The van der Waals surface area contributed by atoms with Crippen molar-refractivity contribution in [3.8, 4) is 5.75 Å². The zero-order valence-corrected chi connectivity index (χ0v) is 16.9. The molecule has 0 saturated carbocycles. The van der Waals surface area contributed by atoms with Crippen LogP contribution in [-0.2, 0) is 0 Å². The van der Waals surface area contributed by atoms with E-state index in [4.69, 9.17) is 0 Å². The van der Waals surface area contributed by atoms with Crippen molar-refractivity contribution >= 4 is 34.3 Å². The van der Waals surface area contributed by atoms with Crippen LogP contribution in [0.25, 0.3) is 0 Å². The van der Waals surface area contributed by atoms with Gasteiger partial charge in [-0.25, -0.2) is 0 Å². The Morgan fingerprint density at radius 1 is 1.10 bits per heavy atom. The highest BCUT2D eigenvalue weighted by molar-refractivity contribution is 7.10. The number of aromatic hydroxyl groups is 1. The number of phenols is 1. The molecule has 2 aromatic heterocycles. The van der Waals surface area contributed by atoms with E-state index >= 15 is 0 Å². The molecular formula is C19H21N5O4S. The number of hydrogen-bond donors (Lipinski definition) is 5. The molecule has 0 aliphatic rings. The van der Waals surface area contributed by atoms with Crippen LogP contribution in [0.5, 0.6) is 5.75 Å². The molecular weight excluding hydrogens is 394 g/mol. The van der Waals surface area contributed by atoms with Crippen molar-refractivity contribution in [1.82, 2.24) is 15.1 Å². The Balaban J connectivity index is 2.01. The molecule has 10 heteroatoms. The van der Waals surface area contributed by atoms with Gasteiger partial charge in [-0.15, -0.1) is 11.3 Å².